The van der Waals surface area contributed by atoms with Gasteiger partial charge in [-0.3, -0.25) is 9.48 Å². The van der Waals surface area contributed by atoms with Gasteiger partial charge in [-0.15, -0.1) is 5.10 Å². The number of ether oxygens (including phenoxy) is 1. The monoisotopic (exact) mass is 445 g/mol. The molecular weight excluding hydrogens is 418 g/mol. The Kier molecular flexibility index (Phi) is 6.10. The first-order chi connectivity index (χ1) is 16.2. The lowest BCUT2D eigenvalue weighted by atomic mass is 10.1. The van der Waals surface area contributed by atoms with Crippen LogP contribution in [0.25, 0.3) is 6.08 Å². The van der Waals surface area contributed by atoms with E-state index in [1.165, 1.54) is 24.0 Å². The van der Waals surface area contributed by atoms with E-state index >= 15 is 0 Å². The molecule has 33 heavy (non-hydrogen) atoms. The van der Waals surface area contributed by atoms with Crippen molar-refractivity contribution < 1.29 is 9.53 Å². The van der Waals surface area contributed by atoms with Gasteiger partial charge in [0, 0.05) is 19.0 Å². The Morgan fingerprint density at radius 3 is 2.94 bits per heavy atom. The van der Waals surface area contributed by atoms with Crippen LogP contribution in [0.1, 0.15) is 58.8 Å². The summed E-state index contributed by atoms with van der Waals surface area (Å²) in [5, 5.41) is 19.7. The first kappa shape index (κ1) is 21.2. The number of methoxy groups -OCH3 is 1. The summed E-state index contributed by atoms with van der Waals surface area (Å²) in [4.78, 5) is 16.6. The zero-order chi connectivity index (χ0) is 22.6. The summed E-state index contributed by atoms with van der Waals surface area (Å²) in [7, 11) is 1.56. The summed E-state index contributed by atoms with van der Waals surface area (Å²) in [6, 6.07) is 7.61. The van der Waals surface area contributed by atoms with Crippen molar-refractivity contribution in [2.24, 2.45) is 5.92 Å². The van der Waals surface area contributed by atoms with Gasteiger partial charge < -0.3 is 10.1 Å². The van der Waals surface area contributed by atoms with Crippen LogP contribution in [-0.2, 0) is 25.9 Å². The highest BCUT2D eigenvalue weighted by molar-refractivity contribution is 5.91. The SMILES string of the molecule is COc1cccc(CNC(=O)c2cn(CCCCc3cc4c(nn3)CC(C3CC3)=C4)nn2)n1. The highest BCUT2D eigenvalue weighted by atomic mass is 16.5. The van der Waals surface area contributed by atoms with E-state index in [-0.39, 0.29) is 5.91 Å². The number of unbranched alkanes of at least 4 members (excludes halogenated alkanes) is 1. The van der Waals surface area contributed by atoms with E-state index in [1.807, 2.05) is 12.1 Å². The van der Waals surface area contributed by atoms with Gasteiger partial charge in [0.15, 0.2) is 5.69 Å². The number of pyridine rings is 1. The second-order valence-corrected chi connectivity index (χ2v) is 8.59. The van der Waals surface area contributed by atoms with Crippen molar-refractivity contribution in [3.63, 3.8) is 0 Å². The smallest absolute Gasteiger partial charge is 0.273 e. The third-order valence-electron chi connectivity index (χ3n) is 6.03. The number of hydrogen-bond donors (Lipinski definition) is 1. The molecule has 0 saturated heterocycles. The van der Waals surface area contributed by atoms with Crippen LogP contribution in [0.2, 0.25) is 0 Å². The molecule has 1 saturated carbocycles. The fourth-order valence-electron chi connectivity index (χ4n) is 4.04. The van der Waals surface area contributed by atoms with Crippen molar-refractivity contribution in [2.75, 3.05) is 7.11 Å². The van der Waals surface area contributed by atoms with Gasteiger partial charge in [0.25, 0.3) is 5.91 Å². The highest BCUT2D eigenvalue weighted by Crippen LogP contribution is 2.41. The number of aromatic nitrogens is 6. The second-order valence-electron chi connectivity index (χ2n) is 8.59. The zero-order valence-corrected chi connectivity index (χ0v) is 18.7. The summed E-state index contributed by atoms with van der Waals surface area (Å²) in [6.45, 7) is 0.990. The summed E-state index contributed by atoms with van der Waals surface area (Å²) in [5.41, 5.74) is 5.94. The number of nitrogens with zero attached hydrogens (tertiary/aromatic N) is 6. The summed E-state index contributed by atoms with van der Waals surface area (Å²) in [6.07, 6.45) is 10.4. The van der Waals surface area contributed by atoms with Gasteiger partial charge in [-0.05, 0) is 55.7 Å². The average molecular weight is 446 g/mol. The van der Waals surface area contributed by atoms with E-state index < -0.39 is 0 Å². The first-order valence-corrected chi connectivity index (χ1v) is 11.4. The maximum atomic E-state index is 12.4. The van der Waals surface area contributed by atoms with Crippen molar-refractivity contribution in [1.82, 2.24) is 35.5 Å². The number of fused-ring (bicyclic) bond motifs is 1. The molecule has 1 N–H and O–H groups in total. The molecule has 0 atom stereocenters. The second kappa shape index (κ2) is 9.48. The van der Waals surface area contributed by atoms with Gasteiger partial charge in [0.2, 0.25) is 5.88 Å². The lowest BCUT2D eigenvalue weighted by Gasteiger charge is -2.04. The van der Waals surface area contributed by atoms with Gasteiger partial charge in [-0.1, -0.05) is 22.9 Å². The van der Waals surface area contributed by atoms with E-state index in [9.17, 15) is 4.79 Å². The number of rotatable bonds is 10. The average Bonchev–Trinajstić information content (AvgIpc) is 3.43. The van der Waals surface area contributed by atoms with E-state index in [0.29, 0.717) is 30.4 Å². The number of hydrogen-bond acceptors (Lipinski definition) is 7. The Hall–Kier alpha value is -3.62. The fourth-order valence-corrected chi connectivity index (χ4v) is 4.04. The topological polar surface area (TPSA) is 108 Å². The van der Waals surface area contributed by atoms with Gasteiger partial charge in [0.05, 0.1) is 36.9 Å². The van der Waals surface area contributed by atoms with Crippen molar-refractivity contribution in [3.8, 4) is 5.88 Å². The maximum Gasteiger partial charge on any atom is 0.273 e. The van der Waals surface area contributed by atoms with Crippen LogP contribution in [0.15, 0.2) is 36.0 Å². The molecule has 0 unspecified atom stereocenters. The first-order valence-electron chi connectivity index (χ1n) is 11.4. The molecular formula is C24H27N7O2. The number of aryl methyl sites for hydroxylation is 2. The quantitative estimate of drug-likeness (QED) is 0.478. The Bertz CT molecular complexity index is 1180. The molecule has 0 radical (unpaired) electrons. The fraction of sp³-hybridized carbons (Fsp3) is 0.417. The predicted octanol–water partition coefficient (Wildman–Crippen LogP) is 2.77. The molecule has 3 aromatic heterocycles. The van der Waals surface area contributed by atoms with E-state index in [4.69, 9.17) is 4.74 Å². The van der Waals surface area contributed by atoms with Crippen molar-refractivity contribution >= 4 is 12.0 Å². The molecule has 2 aliphatic rings. The Morgan fingerprint density at radius 2 is 2.09 bits per heavy atom. The Balaban J connectivity index is 1.06. The minimum absolute atomic E-state index is 0.280. The van der Waals surface area contributed by atoms with Gasteiger partial charge in [-0.2, -0.15) is 10.2 Å². The summed E-state index contributed by atoms with van der Waals surface area (Å²) >= 11 is 0. The molecule has 9 heteroatoms. The van der Waals surface area contributed by atoms with Crippen LogP contribution in [0.5, 0.6) is 5.88 Å². The number of carbonyl (C=O) groups excluding carboxylic acids is 1. The number of nitrogens with one attached hydrogen (secondary N) is 1. The lowest BCUT2D eigenvalue weighted by Crippen LogP contribution is -2.23. The Morgan fingerprint density at radius 1 is 1.18 bits per heavy atom. The predicted molar refractivity (Wildman–Crippen MR) is 121 cm³/mol. The molecule has 170 valence electrons. The molecule has 0 bridgehead atoms. The molecule has 1 fully saturated rings. The van der Waals surface area contributed by atoms with Crippen molar-refractivity contribution in [1.29, 1.82) is 0 Å². The van der Waals surface area contributed by atoms with Crippen molar-refractivity contribution in [3.05, 3.63) is 64.4 Å². The molecule has 0 aromatic carbocycles. The zero-order valence-electron chi connectivity index (χ0n) is 18.7. The van der Waals surface area contributed by atoms with Crippen LogP contribution < -0.4 is 10.1 Å². The van der Waals surface area contributed by atoms with Crippen LogP contribution in [0.4, 0.5) is 0 Å². The van der Waals surface area contributed by atoms with Crippen LogP contribution in [0, 0.1) is 5.92 Å². The molecule has 0 spiro atoms. The standard InChI is InChI=1S/C24H27N7O2/c1-33-23-7-4-6-20(26-23)14-25-24(32)22-15-31(30-29-22)10-3-2-5-19-12-18-11-17(16-8-9-16)13-21(18)28-27-19/h4,6-7,11-12,15-16H,2-3,5,8-10,13-14H2,1H3,(H,25,32). The number of allylic oxidation sites excluding steroid dienone is 1. The number of carbonyl (C=O) groups is 1. The van der Waals surface area contributed by atoms with Crippen LogP contribution in [0.3, 0.4) is 0 Å². The minimum Gasteiger partial charge on any atom is -0.481 e. The lowest BCUT2D eigenvalue weighted by molar-refractivity contribution is 0.0945. The summed E-state index contributed by atoms with van der Waals surface area (Å²) in [5.74, 6) is 1.02. The van der Waals surface area contributed by atoms with Crippen LogP contribution in [-0.4, -0.2) is 43.2 Å². The van der Waals surface area contributed by atoms with E-state index in [2.05, 4.69) is 43.0 Å². The Labute approximate surface area is 192 Å². The third kappa shape index (κ3) is 5.24. The molecule has 1 amide bonds. The highest BCUT2D eigenvalue weighted by Gasteiger charge is 2.29. The van der Waals surface area contributed by atoms with Gasteiger partial charge in [-0.25, -0.2) is 4.98 Å². The largest absolute Gasteiger partial charge is 0.481 e. The number of amides is 1. The molecule has 5 rings (SSSR count). The molecule has 0 aliphatic heterocycles. The molecule has 3 heterocycles. The normalized spacial score (nSPS) is 14.6. The maximum absolute atomic E-state index is 12.4. The minimum atomic E-state index is -0.280. The van der Waals surface area contributed by atoms with Gasteiger partial charge >= 0.3 is 0 Å². The van der Waals surface area contributed by atoms with E-state index in [0.717, 1.165) is 43.0 Å². The summed E-state index contributed by atoms with van der Waals surface area (Å²) < 4.78 is 6.81. The van der Waals surface area contributed by atoms with Crippen LogP contribution >= 0.6 is 0 Å². The third-order valence-corrected chi connectivity index (χ3v) is 6.03. The molecule has 9 nitrogen and oxygen atoms in total. The molecule has 3 aromatic rings. The van der Waals surface area contributed by atoms with E-state index in [1.54, 1.807) is 24.1 Å². The molecule has 2 aliphatic carbocycles. The van der Waals surface area contributed by atoms with Crippen molar-refractivity contribution in [2.45, 2.75) is 51.6 Å². The van der Waals surface area contributed by atoms with Gasteiger partial charge in [0.1, 0.15) is 0 Å².